The topological polar surface area (TPSA) is 237 Å². The van der Waals surface area contributed by atoms with E-state index in [2.05, 4.69) is 55.4 Å². The van der Waals surface area contributed by atoms with E-state index in [0.717, 1.165) is 120 Å². The molecule has 17 nitrogen and oxygen atoms in total. The zero-order valence-electron chi connectivity index (χ0n) is 62.3. The third-order valence-corrected chi connectivity index (χ3v) is 19.8. The van der Waals surface area contributed by atoms with Crippen LogP contribution in [0, 0.1) is 23.7 Å². The van der Waals surface area contributed by atoms with Gasteiger partial charge in [0.15, 0.2) is 12.2 Å². The fourth-order valence-corrected chi connectivity index (χ4v) is 13.1. The van der Waals surface area contributed by atoms with Crippen LogP contribution in [0.25, 0.3) is 0 Å². The quantitative estimate of drug-likeness (QED) is 0.0222. The van der Waals surface area contributed by atoms with Gasteiger partial charge in [0.2, 0.25) is 0 Å². The third-order valence-electron chi connectivity index (χ3n) is 17.9. The maximum Gasteiger partial charge on any atom is 0.472 e. The average molecular weight is 1400 g/mol. The van der Waals surface area contributed by atoms with Gasteiger partial charge < -0.3 is 33.8 Å². The molecule has 6 atom stereocenters. The molecule has 0 aliphatic heterocycles. The van der Waals surface area contributed by atoms with E-state index < -0.39 is 97.5 Å². The van der Waals surface area contributed by atoms with E-state index >= 15 is 0 Å². The Balaban J connectivity index is 5.21. The molecule has 0 aromatic carbocycles. The largest absolute Gasteiger partial charge is 0.472 e. The van der Waals surface area contributed by atoms with Gasteiger partial charge in [-0.25, -0.2) is 9.13 Å². The third kappa shape index (κ3) is 69.0. The Morgan fingerprint density at radius 3 is 0.747 bits per heavy atom. The first-order valence-corrected chi connectivity index (χ1v) is 42.2. The second-order valence-corrected chi connectivity index (χ2v) is 32.0. The van der Waals surface area contributed by atoms with Gasteiger partial charge in [-0.2, -0.15) is 0 Å². The molecule has 95 heavy (non-hydrogen) atoms. The molecule has 0 bridgehead atoms. The summed E-state index contributed by atoms with van der Waals surface area (Å²) in [6, 6.07) is 0. The van der Waals surface area contributed by atoms with Crippen molar-refractivity contribution in [1.82, 2.24) is 0 Å². The Morgan fingerprint density at radius 1 is 0.295 bits per heavy atom. The van der Waals surface area contributed by atoms with Crippen LogP contribution in [0.5, 0.6) is 0 Å². The fraction of sp³-hybridized carbons (Fsp3) is 0.947. The monoisotopic (exact) mass is 1400 g/mol. The van der Waals surface area contributed by atoms with Crippen LogP contribution in [-0.4, -0.2) is 96.7 Å². The first-order chi connectivity index (χ1) is 45.6. The number of unbranched alkanes of at least 4 members (excludes halogenated alkanes) is 38. The molecule has 0 aliphatic rings. The van der Waals surface area contributed by atoms with Crippen LogP contribution in [0.15, 0.2) is 0 Å². The minimum absolute atomic E-state index is 0.106. The average Bonchev–Trinajstić information content (AvgIpc) is 2.90. The van der Waals surface area contributed by atoms with Gasteiger partial charge in [-0.3, -0.25) is 37.3 Å². The normalized spacial score (nSPS) is 14.4. The van der Waals surface area contributed by atoms with Crippen molar-refractivity contribution in [3.05, 3.63) is 0 Å². The summed E-state index contributed by atoms with van der Waals surface area (Å²) in [5.74, 6) is 0.909. The van der Waals surface area contributed by atoms with E-state index in [0.29, 0.717) is 31.6 Å². The number of phosphoric ester groups is 2. The Bertz CT molecular complexity index is 1870. The first kappa shape index (κ1) is 93.1. The Kier molecular flexibility index (Phi) is 64.0. The lowest BCUT2D eigenvalue weighted by Gasteiger charge is -2.21. The van der Waals surface area contributed by atoms with Crippen LogP contribution in [-0.2, 0) is 65.4 Å². The highest BCUT2D eigenvalue weighted by Gasteiger charge is 2.30. The number of hydrogen-bond acceptors (Lipinski definition) is 15. The van der Waals surface area contributed by atoms with Crippen molar-refractivity contribution in [3.8, 4) is 0 Å². The molecular formula is C76H148O17P2. The van der Waals surface area contributed by atoms with Crippen molar-refractivity contribution in [1.29, 1.82) is 0 Å². The minimum Gasteiger partial charge on any atom is -0.462 e. The maximum absolute atomic E-state index is 13.1. The van der Waals surface area contributed by atoms with E-state index in [1.807, 2.05) is 0 Å². The number of carbonyl (C=O) groups is 4. The highest BCUT2D eigenvalue weighted by molar-refractivity contribution is 7.47. The number of esters is 4. The summed E-state index contributed by atoms with van der Waals surface area (Å²) in [5, 5.41) is 10.6. The Hall–Kier alpha value is -1.94. The summed E-state index contributed by atoms with van der Waals surface area (Å²) in [4.78, 5) is 72.8. The predicted molar refractivity (Wildman–Crippen MR) is 386 cm³/mol. The van der Waals surface area contributed by atoms with E-state index in [-0.39, 0.29) is 25.7 Å². The molecule has 0 spiro atoms. The molecule has 0 saturated carbocycles. The van der Waals surface area contributed by atoms with E-state index in [9.17, 15) is 43.2 Å². The van der Waals surface area contributed by atoms with Crippen molar-refractivity contribution in [2.75, 3.05) is 39.6 Å². The van der Waals surface area contributed by atoms with Crippen LogP contribution in [0.2, 0.25) is 0 Å². The molecule has 3 N–H and O–H groups in total. The summed E-state index contributed by atoms with van der Waals surface area (Å²) >= 11 is 0. The van der Waals surface area contributed by atoms with Gasteiger partial charge in [-0.15, -0.1) is 0 Å². The van der Waals surface area contributed by atoms with Crippen molar-refractivity contribution in [2.45, 2.75) is 401 Å². The molecule has 0 aromatic rings. The zero-order chi connectivity index (χ0) is 70.3. The summed E-state index contributed by atoms with van der Waals surface area (Å²) in [6.07, 6.45) is 50.1. The van der Waals surface area contributed by atoms with Gasteiger partial charge in [0.05, 0.1) is 26.4 Å². The van der Waals surface area contributed by atoms with Crippen LogP contribution >= 0.6 is 15.6 Å². The molecule has 0 amide bonds. The second kappa shape index (κ2) is 65.4. The number of carbonyl (C=O) groups excluding carboxylic acids is 4. The zero-order valence-corrected chi connectivity index (χ0v) is 64.1. The van der Waals surface area contributed by atoms with E-state index in [1.165, 1.54) is 173 Å². The lowest BCUT2D eigenvalue weighted by atomic mass is 10.00. The molecule has 4 unspecified atom stereocenters. The van der Waals surface area contributed by atoms with Crippen molar-refractivity contribution in [3.63, 3.8) is 0 Å². The van der Waals surface area contributed by atoms with Crippen molar-refractivity contribution in [2.24, 2.45) is 23.7 Å². The molecule has 0 rings (SSSR count). The number of phosphoric acid groups is 2. The molecule has 0 heterocycles. The Morgan fingerprint density at radius 2 is 0.505 bits per heavy atom. The van der Waals surface area contributed by atoms with Crippen LogP contribution in [0.1, 0.15) is 383 Å². The smallest absolute Gasteiger partial charge is 0.462 e. The minimum atomic E-state index is -4.96. The van der Waals surface area contributed by atoms with Gasteiger partial charge in [-0.1, -0.05) is 331 Å². The molecule has 0 saturated heterocycles. The summed E-state index contributed by atoms with van der Waals surface area (Å²) in [5.41, 5.74) is 0. The van der Waals surface area contributed by atoms with Crippen LogP contribution in [0.4, 0.5) is 0 Å². The lowest BCUT2D eigenvalue weighted by molar-refractivity contribution is -0.161. The number of ether oxygens (including phenoxy) is 4. The fourth-order valence-electron chi connectivity index (χ4n) is 11.5. The molecular weight excluding hydrogens is 1250 g/mol. The van der Waals surface area contributed by atoms with Crippen molar-refractivity contribution < 1.29 is 80.2 Å². The molecule has 0 radical (unpaired) electrons. The van der Waals surface area contributed by atoms with E-state index in [1.54, 1.807) is 0 Å². The number of aliphatic hydroxyl groups excluding tert-OH is 1. The molecule has 0 aliphatic carbocycles. The van der Waals surface area contributed by atoms with Crippen LogP contribution < -0.4 is 0 Å². The predicted octanol–water partition coefficient (Wildman–Crippen LogP) is 22.0. The van der Waals surface area contributed by atoms with Gasteiger partial charge in [-0.05, 0) is 49.4 Å². The summed E-state index contributed by atoms with van der Waals surface area (Å²) in [7, 11) is -9.91. The summed E-state index contributed by atoms with van der Waals surface area (Å²) in [6.45, 7) is 14.2. The number of hydrogen-bond donors (Lipinski definition) is 3. The molecule has 19 heteroatoms. The first-order valence-electron chi connectivity index (χ1n) is 39.2. The molecule has 0 aromatic heterocycles. The van der Waals surface area contributed by atoms with Gasteiger partial charge in [0, 0.05) is 25.7 Å². The number of aliphatic hydroxyl groups is 1. The standard InChI is InChI=1S/C76H148O17P2/c1-9-69(8)55-47-39-34-35-41-49-57-74(79)87-63-72(93-76(81)59-51-43-32-26-22-18-14-16-20-24-29-37-45-53-67(4)5)65-91-95(84,85)89-61-70(77)60-88-94(82,83)90-64-71(62-86-73(78)56-48-40-33-27-30-38-46-54-68(6)7)92-75(80)58-50-42-31-25-21-17-13-11-10-12-15-19-23-28-36-44-52-66(2)3/h66-72,77H,9-65H2,1-8H3,(H,82,83)(H,84,85)/t69?,70?,71-,72-/m1/s1. The SMILES string of the molecule is CCC(C)CCCCCCCCC(=O)OC[C@H](COP(=O)(O)OCC(O)COP(=O)(O)OC[C@@H](COC(=O)CCCCCCCCCC(C)C)OC(=O)CCCCCCCCCCCCCCCCCCC(C)C)OC(=O)CCCCCCCCCCCCCCCC(C)C. The van der Waals surface area contributed by atoms with Gasteiger partial charge >= 0.3 is 39.5 Å². The van der Waals surface area contributed by atoms with Gasteiger partial charge in [0.1, 0.15) is 19.3 Å². The van der Waals surface area contributed by atoms with Gasteiger partial charge in [0.25, 0.3) is 0 Å². The maximum atomic E-state index is 13.1. The highest BCUT2D eigenvalue weighted by atomic mass is 31.2. The highest BCUT2D eigenvalue weighted by Crippen LogP contribution is 2.45. The van der Waals surface area contributed by atoms with Crippen LogP contribution in [0.3, 0.4) is 0 Å². The molecule has 0 fully saturated rings. The van der Waals surface area contributed by atoms with E-state index in [4.69, 9.17) is 37.0 Å². The lowest BCUT2D eigenvalue weighted by Crippen LogP contribution is -2.30. The summed E-state index contributed by atoms with van der Waals surface area (Å²) < 4.78 is 68.5. The van der Waals surface area contributed by atoms with Crippen molar-refractivity contribution >= 4 is 39.5 Å². The number of rotatable bonds is 73. The Labute approximate surface area is 581 Å². The second-order valence-electron chi connectivity index (χ2n) is 29.1. The molecule has 564 valence electrons.